The number of aromatic nitrogens is 2. The van der Waals surface area contributed by atoms with Gasteiger partial charge in [-0.25, -0.2) is 4.79 Å². The third kappa shape index (κ3) is 4.11. The molecule has 0 aliphatic heterocycles. The van der Waals surface area contributed by atoms with Gasteiger partial charge in [0.2, 0.25) is 5.91 Å². The third-order valence-electron chi connectivity index (χ3n) is 4.10. The topological polar surface area (TPSA) is 73.5 Å². The van der Waals surface area contributed by atoms with Gasteiger partial charge in [-0.05, 0) is 19.1 Å². The Morgan fingerprint density at radius 1 is 1.27 bits per heavy atom. The van der Waals surface area contributed by atoms with Crippen molar-refractivity contribution in [2.24, 2.45) is 14.1 Å². The second-order valence-electron chi connectivity index (χ2n) is 6.19. The fraction of sp³-hybridized carbons (Fsp3) is 0.316. The minimum absolute atomic E-state index is 0.260. The number of likely N-dealkylation sites (N-methyl/N-ethyl adjacent to an activating group) is 1. The number of nitrogens with zero attached hydrogens (tertiary/aromatic N) is 3. The standard InChI is InChI=1S/C19H23N3O4/c1-13-6-8-16(26-5)15(10-13)12-20(2)17(23)9-7-14-11-21(3)19(25)22(4)18(14)24/h6-11H,12H2,1-5H3/b9-7+. The first-order valence-corrected chi connectivity index (χ1v) is 8.08. The number of rotatable bonds is 5. The molecule has 0 unspecified atom stereocenters. The van der Waals surface area contributed by atoms with Crippen LogP contribution >= 0.6 is 0 Å². The van der Waals surface area contributed by atoms with Crippen molar-refractivity contribution < 1.29 is 9.53 Å². The number of hydrogen-bond acceptors (Lipinski definition) is 4. The summed E-state index contributed by atoms with van der Waals surface area (Å²) in [5.41, 5.74) is 1.38. The molecule has 0 bridgehead atoms. The highest BCUT2D eigenvalue weighted by Gasteiger charge is 2.11. The molecule has 1 heterocycles. The van der Waals surface area contributed by atoms with E-state index in [4.69, 9.17) is 4.74 Å². The Bertz CT molecular complexity index is 970. The lowest BCUT2D eigenvalue weighted by atomic mass is 10.1. The summed E-state index contributed by atoms with van der Waals surface area (Å²) in [5, 5.41) is 0. The number of ether oxygens (including phenoxy) is 1. The average molecular weight is 357 g/mol. The zero-order valence-electron chi connectivity index (χ0n) is 15.6. The number of hydrogen-bond donors (Lipinski definition) is 0. The number of amides is 1. The Hall–Kier alpha value is -3.09. The maximum absolute atomic E-state index is 12.4. The van der Waals surface area contributed by atoms with Crippen LogP contribution in [0.3, 0.4) is 0 Å². The zero-order valence-corrected chi connectivity index (χ0v) is 15.6. The molecule has 2 rings (SSSR count). The molecular weight excluding hydrogens is 334 g/mol. The Kier molecular flexibility index (Phi) is 5.82. The van der Waals surface area contributed by atoms with Crippen LogP contribution in [0.25, 0.3) is 6.08 Å². The monoisotopic (exact) mass is 357 g/mol. The number of methoxy groups -OCH3 is 1. The lowest BCUT2D eigenvalue weighted by Crippen LogP contribution is -2.37. The molecule has 2 aromatic rings. The molecule has 1 amide bonds. The number of carbonyl (C=O) groups is 1. The van der Waals surface area contributed by atoms with E-state index < -0.39 is 11.2 Å². The quantitative estimate of drug-likeness (QED) is 0.751. The van der Waals surface area contributed by atoms with Crippen molar-refractivity contribution in [2.75, 3.05) is 14.2 Å². The summed E-state index contributed by atoms with van der Waals surface area (Å²) in [4.78, 5) is 37.7. The van der Waals surface area contributed by atoms with Crippen LogP contribution in [0.4, 0.5) is 0 Å². The summed E-state index contributed by atoms with van der Waals surface area (Å²) < 4.78 is 7.64. The van der Waals surface area contributed by atoms with Crippen LogP contribution in [0.15, 0.2) is 40.1 Å². The van der Waals surface area contributed by atoms with Crippen molar-refractivity contribution in [3.8, 4) is 5.75 Å². The van der Waals surface area contributed by atoms with Crippen LogP contribution in [0.2, 0.25) is 0 Å². The summed E-state index contributed by atoms with van der Waals surface area (Å²) >= 11 is 0. The van der Waals surface area contributed by atoms with Gasteiger partial charge in [-0.3, -0.25) is 14.2 Å². The number of benzene rings is 1. The van der Waals surface area contributed by atoms with E-state index in [1.165, 1.54) is 34.9 Å². The highest BCUT2D eigenvalue weighted by molar-refractivity contribution is 5.91. The molecular formula is C19H23N3O4. The fourth-order valence-corrected chi connectivity index (χ4v) is 2.60. The molecule has 7 heteroatoms. The van der Waals surface area contributed by atoms with Gasteiger partial charge < -0.3 is 14.2 Å². The maximum atomic E-state index is 12.4. The molecule has 0 radical (unpaired) electrons. The Morgan fingerprint density at radius 3 is 2.62 bits per heavy atom. The summed E-state index contributed by atoms with van der Waals surface area (Å²) in [5.74, 6) is 0.454. The lowest BCUT2D eigenvalue weighted by molar-refractivity contribution is -0.125. The second-order valence-corrected chi connectivity index (χ2v) is 6.19. The van der Waals surface area contributed by atoms with Crippen molar-refractivity contribution >= 4 is 12.0 Å². The van der Waals surface area contributed by atoms with Gasteiger partial charge >= 0.3 is 5.69 Å². The first-order valence-electron chi connectivity index (χ1n) is 8.08. The van der Waals surface area contributed by atoms with Crippen LogP contribution in [0.1, 0.15) is 16.7 Å². The molecule has 0 aliphatic carbocycles. The predicted octanol–water partition coefficient (Wildman–Crippen LogP) is 1.07. The van der Waals surface area contributed by atoms with Crippen LogP contribution in [-0.2, 0) is 25.4 Å². The zero-order chi connectivity index (χ0) is 19.4. The van der Waals surface area contributed by atoms with Gasteiger partial charge in [0, 0.05) is 45.5 Å². The molecule has 0 fully saturated rings. The van der Waals surface area contributed by atoms with Gasteiger partial charge in [0.25, 0.3) is 5.56 Å². The van der Waals surface area contributed by atoms with Crippen LogP contribution in [-0.4, -0.2) is 34.1 Å². The van der Waals surface area contributed by atoms with Crippen LogP contribution in [0, 0.1) is 6.92 Å². The van der Waals surface area contributed by atoms with Crippen molar-refractivity contribution in [3.05, 3.63) is 68.0 Å². The molecule has 7 nitrogen and oxygen atoms in total. The second kappa shape index (κ2) is 7.86. The van der Waals surface area contributed by atoms with Gasteiger partial charge in [-0.2, -0.15) is 0 Å². The molecule has 1 aromatic heterocycles. The minimum atomic E-state index is -0.444. The first-order chi connectivity index (χ1) is 12.2. The van der Waals surface area contributed by atoms with E-state index in [0.717, 1.165) is 15.7 Å². The SMILES string of the molecule is COc1ccc(C)cc1CN(C)C(=O)/C=C/c1cn(C)c(=O)n(C)c1=O. The molecule has 0 atom stereocenters. The van der Waals surface area contributed by atoms with E-state index >= 15 is 0 Å². The largest absolute Gasteiger partial charge is 0.496 e. The van der Waals surface area contributed by atoms with Gasteiger partial charge in [-0.15, -0.1) is 0 Å². The summed E-state index contributed by atoms with van der Waals surface area (Å²) in [6.07, 6.45) is 4.16. The Morgan fingerprint density at radius 2 is 1.96 bits per heavy atom. The van der Waals surface area contributed by atoms with Gasteiger partial charge in [0.15, 0.2) is 0 Å². The van der Waals surface area contributed by atoms with Crippen molar-refractivity contribution in [1.82, 2.24) is 14.0 Å². The minimum Gasteiger partial charge on any atom is -0.496 e. The van der Waals surface area contributed by atoms with E-state index in [1.54, 1.807) is 21.2 Å². The third-order valence-corrected chi connectivity index (χ3v) is 4.10. The molecule has 0 N–H and O–H groups in total. The van der Waals surface area contributed by atoms with E-state index in [2.05, 4.69) is 0 Å². The lowest BCUT2D eigenvalue weighted by Gasteiger charge is -2.17. The first kappa shape index (κ1) is 19.2. The Labute approximate surface area is 151 Å². The smallest absolute Gasteiger partial charge is 0.330 e. The molecule has 0 aliphatic rings. The maximum Gasteiger partial charge on any atom is 0.330 e. The summed E-state index contributed by atoms with van der Waals surface area (Å²) in [6.45, 7) is 2.35. The van der Waals surface area contributed by atoms with Crippen molar-refractivity contribution in [1.29, 1.82) is 0 Å². The summed E-state index contributed by atoms with van der Waals surface area (Å²) in [7, 11) is 6.22. The van der Waals surface area contributed by atoms with Gasteiger partial charge in [0.1, 0.15) is 5.75 Å². The van der Waals surface area contributed by atoms with E-state index in [0.29, 0.717) is 12.3 Å². The normalized spacial score (nSPS) is 11.0. The predicted molar refractivity (Wildman–Crippen MR) is 100 cm³/mol. The van der Waals surface area contributed by atoms with Crippen LogP contribution < -0.4 is 16.0 Å². The fourth-order valence-electron chi connectivity index (χ4n) is 2.60. The number of aryl methyl sites for hydroxylation is 2. The highest BCUT2D eigenvalue weighted by atomic mass is 16.5. The molecule has 26 heavy (non-hydrogen) atoms. The molecule has 0 spiro atoms. The average Bonchev–Trinajstić information content (AvgIpc) is 2.61. The Balaban J connectivity index is 2.20. The molecule has 0 saturated carbocycles. The molecule has 1 aromatic carbocycles. The van der Waals surface area contributed by atoms with E-state index in [-0.39, 0.29) is 11.5 Å². The molecule has 138 valence electrons. The summed E-state index contributed by atoms with van der Waals surface area (Å²) in [6, 6.07) is 5.78. The number of carbonyl (C=O) groups excluding carboxylic acids is 1. The van der Waals surface area contributed by atoms with Gasteiger partial charge in [-0.1, -0.05) is 17.7 Å². The highest BCUT2D eigenvalue weighted by Crippen LogP contribution is 2.21. The van der Waals surface area contributed by atoms with E-state index in [1.807, 2.05) is 25.1 Å². The molecule has 0 saturated heterocycles. The van der Waals surface area contributed by atoms with Crippen molar-refractivity contribution in [2.45, 2.75) is 13.5 Å². The van der Waals surface area contributed by atoms with Crippen molar-refractivity contribution in [3.63, 3.8) is 0 Å². The van der Waals surface area contributed by atoms with E-state index in [9.17, 15) is 14.4 Å². The van der Waals surface area contributed by atoms with Crippen LogP contribution in [0.5, 0.6) is 5.75 Å². The van der Waals surface area contributed by atoms with Gasteiger partial charge in [0.05, 0.1) is 12.7 Å².